The van der Waals surface area contributed by atoms with Crippen molar-refractivity contribution < 1.29 is 9.59 Å². The summed E-state index contributed by atoms with van der Waals surface area (Å²) in [7, 11) is 0. The van der Waals surface area contributed by atoms with Crippen LogP contribution in [0.3, 0.4) is 0 Å². The fraction of sp³-hybridized carbons (Fsp3) is 0.692. The highest BCUT2D eigenvalue weighted by atomic mass is 16.2. The van der Waals surface area contributed by atoms with Crippen LogP contribution in [-0.2, 0) is 9.59 Å². The molecule has 0 aromatic carbocycles. The van der Waals surface area contributed by atoms with Gasteiger partial charge in [0.1, 0.15) is 0 Å². The molecular formula is C13H20N2O2. The fourth-order valence-electron chi connectivity index (χ4n) is 2.66. The van der Waals surface area contributed by atoms with E-state index in [0.717, 1.165) is 25.0 Å². The van der Waals surface area contributed by atoms with Gasteiger partial charge in [-0.1, -0.05) is 13.5 Å². The van der Waals surface area contributed by atoms with E-state index in [-0.39, 0.29) is 17.9 Å². The molecule has 1 spiro atoms. The van der Waals surface area contributed by atoms with Gasteiger partial charge in [0.2, 0.25) is 11.8 Å². The van der Waals surface area contributed by atoms with Gasteiger partial charge in [0.25, 0.3) is 0 Å². The summed E-state index contributed by atoms with van der Waals surface area (Å²) in [6.45, 7) is 8.45. The first-order chi connectivity index (χ1) is 7.98. The van der Waals surface area contributed by atoms with Crippen LogP contribution < -0.4 is 5.32 Å². The van der Waals surface area contributed by atoms with Crippen molar-refractivity contribution in [2.75, 3.05) is 6.54 Å². The smallest absolute Gasteiger partial charge is 0.232 e. The number of likely N-dealkylation sites (tertiary alicyclic amines) is 1. The average Bonchev–Trinajstić information content (AvgIpc) is 2.62. The topological polar surface area (TPSA) is 49.4 Å². The van der Waals surface area contributed by atoms with Gasteiger partial charge < -0.3 is 10.2 Å². The first-order valence-corrected chi connectivity index (χ1v) is 6.27. The number of hydrogen-bond donors (Lipinski definition) is 1. The van der Waals surface area contributed by atoms with E-state index in [9.17, 15) is 9.59 Å². The van der Waals surface area contributed by atoms with Crippen LogP contribution in [0.1, 0.15) is 39.5 Å². The first kappa shape index (κ1) is 12.1. The second kappa shape index (κ2) is 4.17. The van der Waals surface area contributed by atoms with Crippen LogP contribution in [0, 0.1) is 5.41 Å². The molecule has 17 heavy (non-hydrogen) atoms. The molecule has 0 aromatic heterocycles. The van der Waals surface area contributed by atoms with E-state index in [0.29, 0.717) is 13.0 Å². The van der Waals surface area contributed by atoms with E-state index in [4.69, 9.17) is 0 Å². The van der Waals surface area contributed by atoms with Gasteiger partial charge >= 0.3 is 0 Å². The third kappa shape index (κ3) is 1.96. The molecule has 4 nitrogen and oxygen atoms in total. The van der Waals surface area contributed by atoms with E-state index in [2.05, 4.69) is 18.8 Å². The SMILES string of the molecule is C=C1CCC2(CC(=O)N(C(C)CC)C2)C(=O)N1. The molecule has 2 heterocycles. The Kier molecular flexibility index (Phi) is 2.98. The van der Waals surface area contributed by atoms with E-state index in [1.54, 1.807) is 0 Å². The van der Waals surface area contributed by atoms with Gasteiger partial charge in [-0.05, 0) is 26.2 Å². The maximum atomic E-state index is 12.1. The lowest BCUT2D eigenvalue weighted by molar-refractivity contribution is -0.133. The molecule has 4 heteroatoms. The Morgan fingerprint density at radius 2 is 2.24 bits per heavy atom. The van der Waals surface area contributed by atoms with Crippen LogP contribution in [0.2, 0.25) is 0 Å². The minimum atomic E-state index is -0.498. The van der Waals surface area contributed by atoms with Crippen molar-refractivity contribution in [3.05, 3.63) is 12.3 Å². The zero-order chi connectivity index (χ0) is 12.6. The van der Waals surface area contributed by atoms with Crippen molar-refractivity contribution in [3.8, 4) is 0 Å². The monoisotopic (exact) mass is 236 g/mol. The Balaban J connectivity index is 2.17. The average molecular weight is 236 g/mol. The molecule has 2 amide bonds. The highest BCUT2D eigenvalue weighted by molar-refractivity contribution is 5.94. The molecule has 0 aromatic rings. The van der Waals surface area contributed by atoms with Crippen LogP contribution in [-0.4, -0.2) is 29.3 Å². The first-order valence-electron chi connectivity index (χ1n) is 6.27. The lowest BCUT2D eigenvalue weighted by atomic mass is 9.78. The molecular weight excluding hydrogens is 216 g/mol. The molecule has 2 unspecified atom stereocenters. The Hall–Kier alpha value is -1.32. The quantitative estimate of drug-likeness (QED) is 0.788. The number of allylic oxidation sites excluding steroid dienone is 1. The van der Waals surface area contributed by atoms with E-state index in [1.165, 1.54) is 0 Å². The van der Waals surface area contributed by atoms with Gasteiger partial charge in [0.05, 0.1) is 5.41 Å². The van der Waals surface area contributed by atoms with Crippen LogP contribution in [0.5, 0.6) is 0 Å². The summed E-state index contributed by atoms with van der Waals surface area (Å²) in [6.07, 6.45) is 2.82. The minimum Gasteiger partial charge on any atom is -0.339 e. The maximum absolute atomic E-state index is 12.1. The molecule has 2 atom stereocenters. The summed E-state index contributed by atoms with van der Waals surface area (Å²) < 4.78 is 0. The molecule has 94 valence electrons. The van der Waals surface area contributed by atoms with Crippen molar-refractivity contribution in [1.82, 2.24) is 10.2 Å². The minimum absolute atomic E-state index is 0.0205. The lowest BCUT2D eigenvalue weighted by Gasteiger charge is -2.33. The number of rotatable bonds is 2. The summed E-state index contributed by atoms with van der Waals surface area (Å²) in [5, 5.41) is 2.80. The van der Waals surface area contributed by atoms with Gasteiger partial charge in [-0.3, -0.25) is 9.59 Å². The maximum Gasteiger partial charge on any atom is 0.232 e. The highest BCUT2D eigenvalue weighted by Gasteiger charge is 2.50. The number of amides is 2. The summed E-state index contributed by atoms with van der Waals surface area (Å²) in [6, 6.07) is 0.222. The second-order valence-electron chi connectivity index (χ2n) is 5.29. The molecule has 2 aliphatic heterocycles. The summed E-state index contributed by atoms with van der Waals surface area (Å²) in [5.74, 6) is 0.0925. The Labute approximate surface area is 102 Å². The number of carbonyl (C=O) groups is 2. The number of nitrogens with one attached hydrogen (secondary N) is 1. The molecule has 0 bridgehead atoms. The van der Waals surface area contributed by atoms with E-state index < -0.39 is 5.41 Å². The normalized spacial score (nSPS) is 30.9. The molecule has 1 N–H and O–H groups in total. The van der Waals surface area contributed by atoms with Crippen LogP contribution in [0.15, 0.2) is 12.3 Å². The molecule has 0 saturated carbocycles. The summed E-state index contributed by atoms with van der Waals surface area (Å²) in [4.78, 5) is 25.9. The van der Waals surface area contributed by atoms with Gasteiger partial charge in [-0.15, -0.1) is 0 Å². The Bertz CT molecular complexity index is 378. The van der Waals surface area contributed by atoms with Gasteiger partial charge in [0, 0.05) is 24.7 Å². The van der Waals surface area contributed by atoms with Crippen molar-refractivity contribution in [2.24, 2.45) is 5.41 Å². The largest absolute Gasteiger partial charge is 0.339 e. The number of nitrogens with zero attached hydrogens (tertiary/aromatic N) is 1. The van der Waals surface area contributed by atoms with E-state index in [1.807, 2.05) is 11.8 Å². The van der Waals surface area contributed by atoms with Gasteiger partial charge in [-0.25, -0.2) is 0 Å². The van der Waals surface area contributed by atoms with Crippen LogP contribution in [0.4, 0.5) is 0 Å². The molecule has 2 fully saturated rings. The standard InChI is InChI=1S/C13H20N2O2/c1-4-10(3)15-8-13(7-11(15)16)6-5-9(2)14-12(13)17/h10H,2,4-8H2,1,3H3,(H,14,17). The van der Waals surface area contributed by atoms with Gasteiger partial charge in [-0.2, -0.15) is 0 Å². The predicted molar refractivity (Wildman–Crippen MR) is 65.0 cm³/mol. The number of hydrogen-bond acceptors (Lipinski definition) is 2. The third-order valence-corrected chi connectivity index (χ3v) is 4.08. The molecule has 2 rings (SSSR count). The number of piperidine rings is 1. The van der Waals surface area contributed by atoms with Crippen molar-refractivity contribution >= 4 is 11.8 Å². The lowest BCUT2D eigenvalue weighted by Crippen LogP contribution is -2.47. The van der Waals surface area contributed by atoms with Crippen LogP contribution >= 0.6 is 0 Å². The number of carbonyl (C=O) groups excluding carboxylic acids is 2. The summed E-state index contributed by atoms with van der Waals surface area (Å²) in [5.41, 5.74) is 0.275. The molecule has 0 aliphatic carbocycles. The molecule has 2 saturated heterocycles. The highest BCUT2D eigenvalue weighted by Crippen LogP contribution is 2.40. The van der Waals surface area contributed by atoms with E-state index >= 15 is 0 Å². The molecule has 2 aliphatic rings. The predicted octanol–water partition coefficient (Wildman–Crippen LogP) is 1.43. The van der Waals surface area contributed by atoms with Crippen molar-refractivity contribution in [3.63, 3.8) is 0 Å². The Morgan fingerprint density at radius 1 is 1.53 bits per heavy atom. The third-order valence-electron chi connectivity index (χ3n) is 4.08. The van der Waals surface area contributed by atoms with Gasteiger partial charge in [0.15, 0.2) is 0 Å². The summed E-state index contributed by atoms with van der Waals surface area (Å²) >= 11 is 0. The van der Waals surface area contributed by atoms with Crippen molar-refractivity contribution in [2.45, 2.75) is 45.6 Å². The Morgan fingerprint density at radius 3 is 2.82 bits per heavy atom. The second-order valence-corrected chi connectivity index (χ2v) is 5.29. The zero-order valence-electron chi connectivity index (χ0n) is 10.6. The molecule has 0 radical (unpaired) electrons. The van der Waals surface area contributed by atoms with Crippen molar-refractivity contribution in [1.29, 1.82) is 0 Å². The zero-order valence-corrected chi connectivity index (χ0v) is 10.6. The van der Waals surface area contributed by atoms with Crippen LogP contribution in [0.25, 0.3) is 0 Å². The fourth-order valence-corrected chi connectivity index (χ4v) is 2.66.